The fourth-order valence-corrected chi connectivity index (χ4v) is 3.11. The molecule has 6 heteroatoms. The average Bonchev–Trinajstić information content (AvgIpc) is 3.03. The number of nitrogens with one attached hydrogen (secondary N) is 1. The van der Waals surface area contributed by atoms with E-state index < -0.39 is 0 Å². The van der Waals surface area contributed by atoms with Gasteiger partial charge in [-0.25, -0.2) is 0 Å². The number of hydrogen-bond donors (Lipinski definition) is 1. The first-order valence-electron chi connectivity index (χ1n) is 9.42. The first kappa shape index (κ1) is 19.7. The monoisotopic (exact) mass is 383 g/mol. The molecule has 2 aromatic rings. The molecular formula is C22H25NO5. The zero-order chi connectivity index (χ0) is 20.1. The van der Waals surface area contributed by atoms with Crippen molar-refractivity contribution in [2.24, 2.45) is 0 Å². The summed E-state index contributed by atoms with van der Waals surface area (Å²) in [4.78, 5) is 23.6. The maximum Gasteiger partial charge on any atom is 0.258 e. The Morgan fingerprint density at radius 3 is 2.79 bits per heavy atom. The third-order valence-corrected chi connectivity index (χ3v) is 4.47. The number of benzene rings is 2. The summed E-state index contributed by atoms with van der Waals surface area (Å²) in [5.41, 5.74) is 2.54. The fraction of sp³-hybridized carbons (Fsp3) is 0.364. The molecule has 0 aromatic heterocycles. The molecule has 6 nitrogen and oxygen atoms in total. The van der Waals surface area contributed by atoms with Crippen molar-refractivity contribution >= 4 is 11.7 Å². The predicted octanol–water partition coefficient (Wildman–Crippen LogP) is 3.31. The molecule has 0 bridgehead atoms. The molecule has 0 spiro atoms. The van der Waals surface area contributed by atoms with E-state index in [1.165, 1.54) is 6.92 Å². The molecule has 148 valence electrons. The number of ether oxygens (including phenoxy) is 3. The molecule has 1 heterocycles. The van der Waals surface area contributed by atoms with Gasteiger partial charge in [0.05, 0.1) is 6.61 Å². The Morgan fingerprint density at radius 2 is 2.04 bits per heavy atom. The summed E-state index contributed by atoms with van der Waals surface area (Å²) >= 11 is 0. The van der Waals surface area contributed by atoms with Gasteiger partial charge >= 0.3 is 0 Å². The zero-order valence-electron chi connectivity index (χ0n) is 16.4. The van der Waals surface area contributed by atoms with Gasteiger partial charge < -0.3 is 19.5 Å². The van der Waals surface area contributed by atoms with E-state index in [9.17, 15) is 9.59 Å². The van der Waals surface area contributed by atoms with Gasteiger partial charge in [0.15, 0.2) is 12.4 Å². The van der Waals surface area contributed by atoms with E-state index in [0.29, 0.717) is 24.5 Å². The van der Waals surface area contributed by atoms with Crippen molar-refractivity contribution in [2.45, 2.75) is 39.8 Å². The van der Waals surface area contributed by atoms with Crippen LogP contribution in [0.15, 0.2) is 36.4 Å². The quantitative estimate of drug-likeness (QED) is 0.708. The van der Waals surface area contributed by atoms with Crippen LogP contribution in [0.2, 0.25) is 0 Å². The Labute approximate surface area is 164 Å². The maximum atomic E-state index is 12.2. The number of carbonyl (C=O) groups is 2. The predicted molar refractivity (Wildman–Crippen MR) is 105 cm³/mol. The summed E-state index contributed by atoms with van der Waals surface area (Å²) in [7, 11) is 0. The molecule has 1 atom stereocenters. The second-order valence-corrected chi connectivity index (χ2v) is 6.78. The molecule has 2 aromatic carbocycles. The summed E-state index contributed by atoms with van der Waals surface area (Å²) in [5, 5.41) is 2.84. The second-order valence-electron chi connectivity index (χ2n) is 6.78. The van der Waals surface area contributed by atoms with E-state index in [2.05, 4.69) is 5.32 Å². The van der Waals surface area contributed by atoms with Crippen LogP contribution in [0.25, 0.3) is 0 Å². The molecule has 28 heavy (non-hydrogen) atoms. The molecule has 1 amide bonds. The highest BCUT2D eigenvalue weighted by Crippen LogP contribution is 2.35. The van der Waals surface area contributed by atoms with E-state index in [1.807, 2.05) is 26.0 Å². The largest absolute Gasteiger partial charge is 0.494 e. The molecule has 0 fully saturated rings. The van der Waals surface area contributed by atoms with E-state index >= 15 is 0 Å². The van der Waals surface area contributed by atoms with Gasteiger partial charge in [0.2, 0.25) is 0 Å². The highest BCUT2D eigenvalue weighted by molar-refractivity contribution is 5.94. The number of hydrogen-bond acceptors (Lipinski definition) is 5. The SMILES string of the molecule is CCOc1cc2c(cc1CNC(=O)COc1cccc(C(C)=O)c1)OC(C)C2. The smallest absolute Gasteiger partial charge is 0.258 e. The Bertz CT molecular complexity index is 877. The maximum absolute atomic E-state index is 12.2. The highest BCUT2D eigenvalue weighted by Gasteiger charge is 2.22. The zero-order valence-corrected chi connectivity index (χ0v) is 16.4. The molecule has 0 radical (unpaired) electrons. The molecule has 1 unspecified atom stereocenters. The van der Waals surface area contributed by atoms with E-state index in [4.69, 9.17) is 14.2 Å². The van der Waals surface area contributed by atoms with Gasteiger partial charge in [-0.1, -0.05) is 12.1 Å². The van der Waals surface area contributed by atoms with Crippen molar-refractivity contribution in [3.63, 3.8) is 0 Å². The second kappa shape index (κ2) is 8.78. The Hall–Kier alpha value is -3.02. The minimum absolute atomic E-state index is 0.0495. The van der Waals surface area contributed by atoms with Crippen LogP contribution in [-0.4, -0.2) is 31.0 Å². The van der Waals surface area contributed by atoms with Crippen LogP contribution in [0.4, 0.5) is 0 Å². The summed E-state index contributed by atoms with van der Waals surface area (Å²) in [6.45, 7) is 6.17. The third-order valence-electron chi connectivity index (χ3n) is 4.47. The van der Waals surface area contributed by atoms with Gasteiger partial charge in [-0.05, 0) is 45.0 Å². The standard InChI is InChI=1S/C22H25NO5/c1-4-26-20-10-17-8-14(2)28-21(17)11-18(20)12-23-22(25)13-27-19-7-5-6-16(9-19)15(3)24/h5-7,9-11,14H,4,8,12-13H2,1-3H3,(H,23,25). The van der Waals surface area contributed by atoms with Crippen molar-refractivity contribution in [2.75, 3.05) is 13.2 Å². The number of fused-ring (bicyclic) bond motifs is 1. The topological polar surface area (TPSA) is 73.9 Å². The van der Waals surface area contributed by atoms with Crippen LogP contribution in [0.5, 0.6) is 17.2 Å². The molecule has 1 N–H and O–H groups in total. The van der Waals surface area contributed by atoms with Gasteiger partial charge in [0, 0.05) is 29.7 Å². The highest BCUT2D eigenvalue weighted by atomic mass is 16.5. The number of ketones is 1. The third kappa shape index (κ3) is 4.82. The normalized spacial score (nSPS) is 14.8. The molecule has 0 saturated carbocycles. The molecule has 1 aliphatic rings. The van der Waals surface area contributed by atoms with Gasteiger partial charge in [0.25, 0.3) is 5.91 Å². The summed E-state index contributed by atoms with van der Waals surface area (Å²) in [6, 6.07) is 10.7. The first-order valence-corrected chi connectivity index (χ1v) is 9.42. The lowest BCUT2D eigenvalue weighted by Crippen LogP contribution is -2.28. The lowest BCUT2D eigenvalue weighted by atomic mass is 10.1. The summed E-state index contributed by atoms with van der Waals surface area (Å²) in [6.07, 6.45) is 1.00. The van der Waals surface area contributed by atoms with Gasteiger partial charge in [-0.15, -0.1) is 0 Å². The minimum Gasteiger partial charge on any atom is -0.494 e. The lowest BCUT2D eigenvalue weighted by molar-refractivity contribution is -0.123. The van der Waals surface area contributed by atoms with E-state index in [-0.39, 0.29) is 24.4 Å². The molecule has 0 aliphatic carbocycles. The van der Waals surface area contributed by atoms with Gasteiger partial charge in [-0.3, -0.25) is 9.59 Å². The van der Waals surface area contributed by atoms with Crippen molar-refractivity contribution in [1.29, 1.82) is 0 Å². The molecular weight excluding hydrogens is 358 g/mol. The van der Waals surface area contributed by atoms with Crippen LogP contribution in [0, 0.1) is 0 Å². The summed E-state index contributed by atoms with van der Waals surface area (Å²) in [5.74, 6) is 1.78. The van der Waals surface area contributed by atoms with Crippen LogP contribution in [0.3, 0.4) is 0 Å². The van der Waals surface area contributed by atoms with Crippen LogP contribution >= 0.6 is 0 Å². The van der Waals surface area contributed by atoms with E-state index in [1.54, 1.807) is 24.3 Å². The lowest BCUT2D eigenvalue weighted by Gasteiger charge is -2.13. The molecule has 3 rings (SSSR count). The number of Topliss-reactive ketones (excluding diaryl/α,β-unsaturated/α-hetero) is 1. The summed E-state index contributed by atoms with van der Waals surface area (Å²) < 4.78 is 17.0. The Balaban J connectivity index is 1.59. The number of amides is 1. The first-order chi connectivity index (χ1) is 13.5. The van der Waals surface area contributed by atoms with E-state index in [0.717, 1.165) is 29.0 Å². The van der Waals surface area contributed by atoms with Crippen molar-refractivity contribution in [3.8, 4) is 17.2 Å². The van der Waals surface area contributed by atoms with Crippen LogP contribution < -0.4 is 19.5 Å². The fourth-order valence-electron chi connectivity index (χ4n) is 3.11. The van der Waals surface area contributed by atoms with Crippen LogP contribution in [0.1, 0.15) is 42.3 Å². The van der Waals surface area contributed by atoms with Gasteiger partial charge in [0.1, 0.15) is 23.4 Å². The van der Waals surface area contributed by atoms with Crippen molar-refractivity contribution in [1.82, 2.24) is 5.32 Å². The number of carbonyl (C=O) groups excluding carboxylic acids is 2. The van der Waals surface area contributed by atoms with Gasteiger partial charge in [-0.2, -0.15) is 0 Å². The van der Waals surface area contributed by atoms with Crippen molar-refractivity contribution in [3.05, 3.63) is 53.1 Å². The Kier molecular flexibility index (Phi) is 6.19. The molecule has 1 aliphatic heterocycles. The van der Waals surface area contributed by atoms with Crippen molar-refractivity contribution < 1.29 is 23.8 Å². The van der Waals surface area contributed by atoms with Crippen LogP contribution in [-0.2, 0) is 17.8 Å². The number of rotatable bonds is 8. The molecule has 0 saturated heterocycles. The minimum atomic E-state index is -0.259. The Morgan fingerprint density at radius 1 is 1.21 bits per heavy atom. The average molecular weight is 383 g/mol.